The maximum atomic E-state index is 5.39. The number of thiazole rings is 1. The van der Waals surface area contributed by atoms with Crippen LogP contribution in [-0.2, 0) is 4.74 Å². The van der Waals surface area contributed by atoms with Crippen molar-refractivity contribution in [3.05, 3.63) is 28.2 Å². The molecule has 1 N–H and O–H groups in total. The van der Waals surface area contributed by atoms with Crippen molar-refractivity contribution in [2.75, 3.05) is 26.3 Å². The third-order valence-electron chi connectivity index (χ3n) is 2.66. The molecule has 0 saturated heterocycles. The highest BCUT2D eigenvalue weighted by molar-refractivity contribution is 7.09. The predicted molar refractivity (Wildman–Crippen MR) is 66.9 cm³/mol. The lowest BCUT2D eigenvalue weighted by Gasteiger charge is -2.15. The van der Waals surface area contributed by atoms with Crippen LogP contribution < -0.4 is 5.32 Å². The first kappa shape index (κ1) is 11.8. The fourth-order valence-electron chi connectivity index (χ4n) is 1.75. The Kier molecular flexibility index (Phi) is 4.51. The number of nitrogens with one attached hydrogen (secondary N) is 1. The van der Waals surface area contributed by atoms with Gasteiger partial charge in [0.1, 0.15) is 0 Å². The van der Waals surface area contributed by atoms with Crippen molar-refractivity contribution in [1.82, 2.24) is 10.3 Å². The van der Waals surface area contributed by atoms with Gasteiger partial charge in [0.05, 0.1) is 18.2 Å². The molecule has 0 aliphatic carbocycles. The molecule has 88 valence electrons. The summed E-state index contributed by atoms with van der Waals surface area (Å²) in [4.78, 5) is 4.32. The Morgan fingerprint density at radius 2 is 2.56 bits per heavy atom. The summed E-state index contributed by atoms with van der Waals surface area (Å²) in [6.07, 6.45) is 5.21. The van der Waals surface area contributed by atoms with E-state index in [1.807, 2.05) is 11.6 Å². The number of nitrogens with zero attached hydrogens (tertiary/aromatic N) is 1. The van der Waals surface area contributed by atoms with Crippen LogP contribution in [0.2, 0.25) is 0 Å². The predicted octanol–water partition coefficient (Wildman–Crippen LogP) is 2.18. The second kappa shape index (κ2) is 6.13. The van der Waals surface area contributed by atoms with E-state index in [9.17, 15) is 0 Å². The first-order valence-electron chi connectivity index (χ1n) is 5.72. The lowest BCUT2D eigenvalue weighted by Crippen LogP contribution is -2.25. The van der Waals surface area contributed by atoms with E-state index in [0.29, 0.717) is 5.92 Å². The number of hydrogen-bond acceptors (Lipinski definition) is 4. The summed E-state index contributed by atoms with van der Waals surface area (Å²) in [6.45, 7) is 5.79. The van der Waals surface area contributed by atoms with E-state index in [1.165, 1.54) is 10.6 Å². The van der Waals surface area contributed by atoms with Crippen LogP contribution in [0.3, 0.4) is 0 Å². The van der Waals surface area contributed by atoms with E-state index >= 15 is 0 Å². The second-order valence-electron chi connectivity index (χ2n) is 4.11. The lowest BCUT2D eigenvalue weighted by atomic mass is 10.1. The standard InChI is InChI=1S/C12H18N2OS/c1-10(12-14-4-6-16-12)7-13-8-11-3-2-5-15-9-11/h3-4,6,10,13H,2,5,7-9H2,1H3. The van der Waals surface area contributed by atoms with Gasteiger partial charge in [0.25, 0.3) is 0 Å². The Bertz CT molecular complexity index is 335. The number of ether oxygens (including phenoxy) is 1. The number of aromatic nitrogens is 1. The summed E-state index contributed by atoms with van der Waals surface area (Å²) >= 11 is 1.73. The van der Waals surface area contributed by atoms with Crippen molar-refractivity contribution in [2.24, 2.45) is 0 Å². The molecule has 0 fully saturated rings. The quantitative estimate of drug-likeness (QED) is 0.798. The van der Waals surface area contributed by atoms with Crippen molar-refractivity contribution < 1.29 is 4.74 Å². The van der Waals surface area contributed by atoms with Gasteiger partial charge in [0.2, 0.25) is 0 Å². The van der Waals surface area contributed by atoms with Crippen molar-refractivity contribution in [3.63, 3.8) is 0 Å². The summed E-state index contributed by atoms with van der Waals surface area (Å²) in [5.74, 6) is 0.491. The molecular weight excluding hydrogens is 220 g/mol. The summed E-state index contributed by atoms with van der Waals surface area (Å²) < 4.78 is 5.39. The minimum absolute atomic E-state index is 0.491. The Labute approximate surface area is 101 Å². The maximum Gasteiger partial charge on any atom is 0.0965 e. The molecule has 0 saturated carbocycles. The van der Waals surface area contributed by atoms with E-state index in [-0.39, 0.29) is 0 Å². The van der Waals surface area contributed by atoms with E-state index in [0.717, 1.165) is 32.7 Å². The van der Waals surface area contributed by atoms with E-state index < -0.39 is 0 Å². The molecule has 0 spiro atoms. The zero-order valence-electron chi connectivity index (χ0n) is 9.61. The van der Waals surface area contributed by atoms with Crippen LogP contribution in [0.5, 0.6) is 0 Å². The molecule has 0 bridgehead atoms. The normalized spacial score (nSPS) is 18.2. The van der Waals surface area contributed by atoms with Gasteiger partial charge in [0, 0.05) is 30.6 Å². The molecular formula is C12H18N2OS. The van der Waals surface area contributed by atoms with Crippen molar-refractivity contribution in [2.45, 2.75) is 19.3 Å². The van der Waals surface area contributed by atoms with Gasteiger partial charge in [0.15, 0.2) is 0 Å². The monoisotopic (exact) mass is 238 g/mol. The molecule has 1 atom stereocenters. The molecule has 16 heavy (non-hydrogen) atoms. The van der Waals surface area contributed by atoms with Crippen LogP contribution in [0.1, 0.15) is 24.3 Å². The first-order valence-corrected chi connectivity index (χ1v) is 6.60. The summed E-state index contributed by atoms with van der Waals surface area (Å²) in [6, 6.07) is 0. The van der Waals surface area contributed by atoms with Crippen LogP contribution in [0.4, 0.5) is 0 Å². The smallest absolute Gasteiger partial charge is 0.0965 e. The summed E-state index contributed by atoms with van der Waals surface area (Å²) in [5.41, 5.74) is 1.37. The fourth-order valence-corrected chi connectivity index (χ4v) is 2.44. The van der Waals surface area contributed by atoms with E-state index in [1.54, 1.807) is 11.3 Å². The van der Waals surface area contributed by atoms with E-state index in [2.05, 4.69) is 23.3 Å². The molecule has 0 amide bonds. The molecule has 1 aliphatic heterocycles. The van der Waals surface area contributed by atoms with Gasteiger partial charge in [-0.1, -0.05) is 13.0 Å². The molecule has 1 aromatic heterocycles. The molecule has 0 radical (unpaired) electrons. The third-order valence-corrected chi connectivity index (χ3v) is 3.67. The molecule has 2 rings (SSSR count). The van der Waals surface area contributed by atoms with Crippen molar-refractivity contribution in [3.8, 4) is 0 Å². The summed E-state index contributed by atoms with van der Waals surface area (Å²) in [7, 11) is 0. The Morgan fingerprint density at radius 3 is 3.25 bits per heavy atom. The molecule has 1 aliphatic rings. The van der Waals surface area contributed by atoms with Crippen LogP contribution in [0, 0.1) is 0 Å². The molecule has 0 aromatic carbocycles. The Morgan fingerprint density at radius 1 is 1.62 bits per heavy atom. The zero-order valence-corrected chi connectivity index (χ0v) is 10.4. The number of rotatable bonds is 5. The molecule has 2 heterocycles. The highest BCUT2D eigenvalue weighted by atomic mass is 32.1. The van der Waals surface area contributed by atoms with Gasteiger partial charge in [-0.15, -0.1) is 11.3 Å². The highest BCUT2D eigenvalue weighted by Gasteiger charge is 2.08. The van der Waals surface area contributed by atoms with Gasteiger partial charge >= 0.3 is 0 Å². The van der Waals surface area contributed by atoms with E-state index in [4.69, 9.17) is 4.74 Å². The van der Waals surface area contributed by atoms with Gasteiger partial charge in [-0.25, -0.2) is 4.98 Å². The number of hydrogen-bond donors (Lipinski definition) is 1. The first-order chi connectivity index (χ1) is 7.86. The molecule has 4 heteroatoms. The minimum Gasteiger partial charge on any atom is -0.377 e. The molecule has 1 unspecified atom stereocenters. The topological polar surface area (TPSA) is 34.1 Å². The van der Waals surface area contributed by atoms with Crippen LogP contribution in [0.15, 0.2) is 23.2 Å². The Balaban J connectivity index is 1.69. The van der Waals surface area contributed by atoms with Gasteiger partial charge < -0.3 is 10.1 Å². The minimum atomic E-state index is 0.491. The fraction of sp³-hybridized carbons (Fsp3) is 0.583. The largest absolute Gasteiger partial charge is 0.377 e. The summed E-state index contributed by atoms with van der Waals surface area (Å²) in [5, 5.41) is 6.70. The van der Waals surface area contributed by atoms with Gasteiger partial charge in [-0.2, -0.15) is 0 Å². The van der Waals surface area contributed by atoms with Crippen molar-refractivity contribution >= 4 is 11.3 Å². The lowest BCUT2D eigenvalue weighted by molar-refractivity contribution is 0.149. The van der Waals surface area contributed by atoms with Crippen LogP contribution in [-0.4, -0.2) is 31.3 Å². The highest BCUT2D eigenvalue weighted by Crippen LogP contribution is 2.16. The second-order valence-corrected chi connectivity index (χ2v) is 5.03. The SMILES string of the molecule is CC(CNCC1=CCCOC1)c1nccs1. The Hall–Kier alpha value is -0.710. The van der Waals surface area contributed by atoms with Gasteiger partial charge in [-0.3, -0.25) is 0 Å². The third kappa shape index (κ3) is 3.40. The average Bonchev–Trinajstić information content (AvgIpc) is 2.84. The molecule has 3 nitrogen and oxygen atoms in total. The van der Waals surface area contributed by atoms with Crippen LogP contribution >= 0.6 is 11.3 Å². The average molecular weight is 238 g/mol. The maximum absolute atomic E-state index is 5.39. The van der Waals surface area contributed by atoms with Crippen LogP contribution in [0.25, 0.3) is 0 Å². The van der Waals surface area contributed by atoms with Crippen molar-refractivity contribution in [1.29, 1.82) is 0 Å². The van der Waals surface area contributed by atoms with Gasteiger partial charge in [-0.05, 0) is 12.0 Å². The zero-order chi connectivity index (χ0) is 11.2. The molecule has 1 aromatic rings.